The van der Waals surface area contributed by atoms with Gasteiger partial charge in [0.25, 0.3) is 5.91 Å². The fourth-order valence-corrected chi connectivity index (χ4v) is 5.35. The monoisotopic (exact) mass is 507 g/mol. The number of carboxylic acid groups (broad SMARTS) is 1. The van der Waals surface area contributed by atoms with E-state index in [0.29, 0.717) is 24.2 Å². The van der Waals surface area contributed by atoms with E-state index >= 15 is 0 Å². The van der Waals surface area contributed by atoms with Crippen LogP contribution in [0, 0.1) is 5.41 Å². The number of carboxylic acids is 1. The van der Waals surface area contributed by atoms with Gasteiger partial charge in [-0.15, -0.1) is 0 Å². The molecular formula is C23H20Cl3N3O4. The SMILES string of the molecule is O=C(Nc1ccc(CC(NC2=C(Cl)C(=O)C23CCCC3)C(=O)O)cc1)c1c(Cl)cncc1Cl. The Kier molecular flexibility index (Phi) is 6.66. The molecule has 1 spiro atoms. The molecule has 7 nitrogen and oxygen atoms in total. The van der Waals surface area contributed by atoms with Gasteiger partial charge in [-0.3, -0.25) is 14.6 Å². The summed E-state index contributed by atoms with van der Waals surface area (Å²) in [6.07, 6.45) is 6.05. The number of hydrogen-bond acceptors (Lipinski definition) is 5. The number of benzene rings is 1. The summed E-state index contributed by atoms with van der Waals surface area (Å²) in [6.45, 7) is 0. The second kappa shape index (κ2) is 9.33. The first kappa shape index (κ1) is 23.5. The third kappa shape index (κ3) is 4.45. The molecule has 1 fully saturated rings. The highest BCUT2D eigenvalue weighted by Crippen LogP contribution is 2.54. The number of aromatic nitrogens is 1. The molecule has 0 radical (unpaired) electrons. The molecule has 4 rings (SSSR count). The number of nitrogens with one attached hydrogen (secondary N) is 2. The van der Waals surface area contributed by atoms with Gasteiger partial charge in [0.1, 0.15) is 11.1 Å². The van der Waals surface area contributed by atoms with E-state index in [-0.39, 0.29) is 32.8 Å². The fourth-order valence-electron chi connectivity index (χ4n) is 4.40. The fraction of sp³-hybridized carbons (Fsp3) is 0.304. The Morgan fingerprint density at radius 1 is 1.06 bits per heavy atom. The number of carbonyl (C=O) groups excluding carboxylic acids is 2. The minimum Gasteiger partial charge on any atom is -0.480 e. The predicted molar refractivity (Wildman–Crippen MR) is 126 cm³/mol. The van der Waals surface area contributed by atoms with Crippen molar-refractivity contribution in [3.8, 4) is 0 Å². The van der Waals surface area contributed by atoms with Crippen LogP contribution in [-0.4, -0.2) is 33.8 Å². The number of nitrogens with zero attached hydrogens (tertiary/aromatic N) is 1. The molecule has 10 heteroatoms. The van der Waals surface area contributed by atoms with Crippen molar-refractivity contribution in [3.63, 3.8) is 0 Å². The Bertz CT molecular complexity index is 1140. The molecule has 1 unspecified atom stereocenters. The van der Waals surface area contributed by atoms with Crippen molar-refractivity contribution in [3.05, 3.63) is 68.6 Å². The third-order valence-corrected chi connectivity index (χ3v) is 7.07. The van der Waals surface area contributed by atoms with Gasteiger partial charge < -0.3 is 15.7 Å². The van der Waals surface area contributed by atoms with E-state index in [0.717, 1.165) is 18.4 Å². The molecule has 0 bridgehead atoms. The van der Waals surface area contributed by atoms with Crippen LogP contribution in [0.25, 0.3) is 0 Å². The van der Waals surface area contributed by atoms with E-state index in [2.05, 4.69) is 15.6 Å². The second-order valence-corrected chi connectivity index (χ2v) is 9.37. The maximum Gasteiger partial charge on any atom is 0.326 e. The topological polar surface area (TPSA) is 108 Å². The smallest absolute Gasteiger partial charge is 0.326 e. The first-order valence-electron chi connectivity index (χ1n) is 10.4. The highest BCUT2D eigenvalue weighted by Gasteiger charge is 2.55. The summed E-state index contributed by atoms with van der Waals surface area (Å²) in [4.78, 5) is 40.6. The summed E-state index contributed by atoms with van der Waals surface area (Å²) in [6, 6.07) is 5.81. The summed E-state index contributed by atoms with van der Waals surface area (Å²) in [7, 11) is 0. The molecule has 2 aromatic rings. The molecule has 1 heterocycles. The molecule has 0 aliphatic heterocycles. The number of allylic oxidation sites excluding steroid dienone is 2. The van der Waals surface area contributed by atoms with Crippen molar-refractivity contribution < 1.29 is 19.5 Å². The molecule has 1 aromatic heterocycles. The third-order valence-electron chi connectivity index (χ3n) is 6.14. The Balaban J connectivity index is 1.44. The summed E-state index contributed by atoms with van der Waals surface area (Å²) in [5, 5.41) is 15.8. The number of rotatable bonds is 7. The maximum absolute atomic E-state index is 12.5. The summed E-state index contributed by atoms with van der Waals surface area (Å²) in [5.41, 5.74) is 1.25. The normalized spacial score (nSPS) is 17.6. The lowest BCUT2D eigenvalue weighted by molar-refractivity contribution is -0.139. The van der Waals surface area contributed by atoms with Crippen LogP contribution in [-0.2, 0) is 16.0 Å². The molecular weight excluding hydrogens is 489 g/mol. The molecule has 2 aliphatic carbocycles. The second-order valence-electron chi connectivity index (χ2n) is 8.18. The first-order chi connectivity index (χ1) is 15.7. The number of aliphatic carboxylic acids is 1. The number of amides is 1. The molecule has 1 saturated carbocycles. The first-order valence-corrected chi connectivity index (χ1v) is 11.5. The van der Waals surface area contributed by atoms with Gasteiger partial charge in [0, 0.05) is 30.2 Å². The van der Waals surface area contributed by atoms with Gasteiger partial charge in [0.2, 0.25) is 0 Å². The average Bonchev–Trinajstić information content (AvgIpc) is 3.29. The number of ketones is 1. The molecule has 0 saturated heterocycles. The van der Waals surface area contributed by atoms with E-state index < -0.39 is 23.3 Å². The summed E-state index contributed by atoms with van der Waals surface area (Å²) < 4.78 is 0. The zero-order valence-corrected chi connectivity index (χ0v) is 19.6. The molecule has 1 amide bonds. The van der Waals surface area contributed by atoms with Crippen molar-refractivity contribution in [1.82, 2.24) is 10.3 Å². The van der Waals surface area contributed by atoms with Crippen molar-refractivity contribution in [2.45, 2.75) is 38.1 Å². The maximum atomic E-state index is 12.5. The Hall–Kier alpha value is -2.61. The van der Waals surface area contributed by atoms with Crippen LogP contribution in [0.1, 0.15) is 41.6 Å². The van der Waals surface area contributed by atoms with Crippen LogP contribution >= 0.6 is 34.8 Å². The average molecular weight is 509 g/mol. The van der Waals surface area contributed by atoms with Gasteiger partial charge in [-0.2, -0.15) is 0 Å². The van der Waals surface area contributed by atoms with E-state index in [9.17, 15) is 19.5 Å². The van der Waals surface area contributed by atoms with Gasteiger partial charge in [-0.1, -0.05) is 59.8 Å². The Morgan fingerprint density at radius 3 is 2.24 bits per heavy atom. The van der Waals surface area contributed by atoms with Gasteiger partial charge in [-0.25, -0.2) is 4.79 Å². The standard InChI is InChI=1S/C23H20Cl3N3O4/c24-14-10-27-11-15(25)17(14)21(31)28-13-5-3-12(4-6-13)9-16(22(32)33)29-19-18(26)20(30)23(19)7-1-2-8-23/h3-6,10-11,16,29H,1-2,7-9H2,(H,28,31)(H,32,33). The van der Waals surface area contributed by atoms with Crippen LogP contribution < -0.4 is 10.6 Å². The number of pyridine rings is 1. The number of Topliss-reactive ketones (excluding diaryl/α,β-unsaturated/α-hetero) is 1. The summed E-state index contributed by atoms with van der Waals surface area (Å²) in [5.74, 6) is -1.62. The van der Waals surface area contributed by atoms with Gasteiger partial charge in [0.15, 0.2) is 5.78 Å². The van der Waals surface area contributed by atoms with E-state index in [1.807, 2.05) is 0 Å². The zero-order valence-electron chi connectivity index (χ0n) is 17.3. The van der Waals surface area contributed by atoms with Crippen LogP contribution in [0.4, 0.5) is 5.69 Å². The predicted octanol–water partition coefficient (Wildman–Crippen LogP) is 4.82. The number of anilines is 1. The largest absolute Gasteiger partial charge is 0.480 e. The quantitative estimate of drug-likeness (QED) is 0.495. The molecule has 1 aromatic carbocycles. The van der Waals surface area contributed by atoms with Crippen molar-refractivity contribution in [2.75, 3.05) is 5.32 Å². The lowest BCUT2D eigenvalue weighted by Crippen LogP contribution is -2.51. The van der Waals surface area contributed by atoms with Crippen molar-refractivity contribution in [2.24, 2.45) is 5.41 Å². The molecule has 2 aliphatic rings. The highest BCUT2D eigenvalue weighted by atomic mass is 35.5. The Morgan fingerprint density at radius 2 is 1.67 bits per heavy atom. The van der Waals surface area contributed by atoms with Crippen LogP contribution in [0.3, 0.4) is 0 Å². The number of carbonyl (C=O) groups is 3. The van der Waals surface area contributed by atoms with Gasteiger partial charge in [-0.05, 0) is 30.5 Å². The summed E-state index contributed by atoms with van der Waals surface area (Å²) >= 11 is 18.2. The minimum atomic E-state index is -1.04. The molecule has 33 heavy (non-hydrogen) atoms. The van der Waals surface area contributed by atoms with Crippen molar-refractivity contribution in [1.29, 1.82) is 0 Å². The van der Waals surface area contributed by atoms with E-state index in [1.54, 1.807) is 24.3 Å². The molecule has 3 N–H and O–H groups in total. The molecule has 1 atom stereocenters. The molecule has 172 valence electrons. The van der Waals surface area contributed by atoms with Crippen LogP contribution in [0.5, 0.6) is 0 Å². The Labute approximate surface area is 205 Å². The van der Waals surface area contributed by atoms with Gasteiger partial charge in [0.05, 0.1) is 21.0 Å². The number of hydrogen-bond donors (Lipinski definition) is 3. The zero-order chi connectivity index (χ0) is 23.8. The highest BCUT2D eigenvalue weighted by molar-refractivity contribution is 6.47. The van der Waals surface area contributed by atoms with Crippen molar-refractivity contribution >= 4 is 58.1 Å². The number of halogens is 3. The lowest BCUT2D eigenvalue weighted by Gasteiger charge is -2.40. The van der Waals surface area contributed by atoms with Gasteiger partial charge >= 0.3 is 5.97 Å². The van der Waals surface area contributed by atoms with E-state index in [4.69, 9.17) is 34.8 Å². The van der Waals surface area contributed by atoms with E-state index in [1.165, 1.54) is 12.4 Å². The van der Waals surface area contributed by atoms with Crippen LogP contribution in [0.15, 0.2) is 47.4 Å². The van der Waals surface area contributed by atoms with Crippen LogP contribution in [0.2, 0.25) is 10.0 Å². The minimum absolute atomic E-state index is 0.0946. The lowest BCUT2D eigenvalue weighted by atomic mass is 9.69.